The van der Waals surface area contributed by atoms with E-state index in [2.05, 4.69) is 22.3 Å². The van der Waals surface area contributed by atoms with Crippen LogP contribution in [0.25, 0.3) is 0 Å². The summed E-state index contributed by atoms with van der Waals surface area (Å²) in [4.78, 5) is 0. The molecule has 2 heteroatoms. The summed E-state index contributed by atoms with van der Waals surface area (Å²) >= 11 is 3.14. The molecule has 0 atom stereocenters. The third-order valence-corrected chi connectivity index (χ3v) is 0.952. The highest BCUT2D eigenvalue weighted by atomic mass is 79.9. The fraction of sp³-hybridized carbons (Fsp3) is 0. The Balaban J connectivity index is 3.05. The van der Waals surface area contributed by atoms with E-state index in [1.165, 1.54) is 0 Å². The van der Waals surface area contributed by atoms with E-state index in [9.17, 15) is 0 Å². The number of hydrogen-bond donors (Lipinski definition) is 0. The van der Waals surface area contributed by atoms with Gasteiger partial charge in [-0.2, -0.15) is 0 Å². The molecule has 1 heterocycles. The van der Waals surface area contributed by atoms with Crippen molar-refractivity contribution in [2.75, 3.05) is 0 Å². The lowest BCUT2D eigenvalue weighted by Gasteiger charge is -1.73. The van der Waals surface area contributed by atoms with Crippen molar-refractivity contribution in [3.05, 3.63) is 24.5 Å². The first-order chi connectivity index (χ1) is 2.89. The van der Waals surface area contributed by atoms with Gasteiger partial charge in [-0.1, -0.05) is 0 Å². The first-order valence-electron chi connectivity index (χ1n) is 1.61. The SMILES string of the molecule is Brn1[c]ccc1. The topological polar surface area (TPSA) is 4.93 Å². The van der Waals surface area contributed by atoms with Crippen LogP contribution in [0, 0.1) is 6.20 Å². The molecule has 0 aliphatic heterocycles. The zero-order valence-electron chi connectivity index (χ0n) is 3.06. The summed E-state index contributed by atoms with van der Waals surface area (Å²) < 4.78 is 1.69. The van der Waals surface area contributed by atoms with E-state index in [0.717, 1.165) is 0 Å². The number of aromatic nitrogens is 1. The first kappa shape index (κ1) is 3.93. The number of rotatable bonds is 0. The molecule has 1 aromatic rings. The minimum atomic E-state index is 1.69. The standard InChI is InChI=1S/C4H3BrN/c5-6-3-1-2-4-6/h1-3H. The van der Waals surface area contributed by atoms with Crippen molar-refractivity contribution in [3.63, 3.8) is 0 Å². The molecule has 0 spiro atoms. The van der Waals surface area contributed by atoms with E-state index in [4.69, 9.17) is 0 Å². The smallest absolute Gasteiger partial charge is 0.0764 e. The van der Waals surface area contributed by atoms with E-state index in [1.807, 2.05) is 18.3 Å². The lowest BCUT2D eigenvalue weighted by molar-refractivity contribution is 1.31. The second kappa shape index (κ2) is 1.47. The van der Waals surface area contributed by atoms with Crippen LogP contribution in [0.2, 0.25) is 0 Å². The van der Waals surface area contributed by atoms with Gasteiger partial charge in [-0.15, -0.1) is 0 Å². The van der Waals surface area contributed by atoms with Gasteiger partial charge in [0.15, 0.2) is 0 Å². The van der Waals surface area contributed by atoms with Gasteiger partial charge in [0.2, 0.25) is 0 Å². The van der Waals surface area contributed by atoms with Crippen LogP contribution in [-0.4, -0.2) is 3.59 Å². The molecular formula is C4H3BrN. The van der Waals surface area contributed by atoms with Crippen LogP contribution in [0.15, 0.2) is 18.3 Å². The van der Waals surface area contributed by atoms with Crippen LogP contribution in [0.1, 0.15) is 0 Å². The monoisotopic (exact) mass is 144 g/mol. The largest absolute Gasteiger partial charge is 0.282 e. The van der Waals surface area contributed by atoms with E-state index < -0.39 is 0 Å². The molecule has 0 amide bonds. The van der Waals surface area contributed by atoms with E-state index >= 15 is 0 Å². The number of halogens is 1. The molecule has 6 heavy (non-hydrogen) atoms. The molecule has 31 valence electrons. The minimum Gasteiger partial charge on any atom is -0.282 e. The highest BCUT2D eigenvalue weighted by molar-refractivity contribution is 9.08. The predicted molar refractivity (Wildman–Crippen MR) is 27.6 cm³/mol. The molecule has 0 unspecified atom stereocenters. The number of hydrogen-bond acceptors (Lipinski definition) is 0. The van der Waals surface area contributed by atoms with Crippen molar-refractivity contribution in [1.29, 1.82) is 0 Å². The number of nitrogens with zero attached hydrogens (tertiary/aromatic N) is 1. The van der Waals surface area contributed by atoms with Gasteiger partial charge in [-0.25, -0.2) is 0 Å². The second-order valence-electron chi connectivity index (χ2n) is 0.948. The molecule has 0 fully saturated rings. The molecule has 1 rings (SSSR count). The minimum absolute atomic E-state index is 1.69. The Bertz CT molecular complexity index is 111. The Morgan fingerprint density at radius 2 is 2.50 bits per heavy atom. The Labute approximate surface area is 44.9 Å². The third kappa shape index (κ3) is 0.627. The molecule has 0 aliphatic carbocycles. The van der Waals surface area contributed by atoms with Gasteiger partial charge in [-0.05, 0) is 12.1 Å². The molecule has 0 aliphatic rings. The average molecular weight is 145 g/mol. The van der Waals surface area contributed by atoms with Crippen LogP contribution in [0.5, 0.6) is 0 Å². The Kier molecular flexibility index (Phi) is 0.965. The summed E-state index contributed by atoms with van der Waals surface area (Å²) in [5, 5.41) is 0. The van der Waals surface area contributed by atoms with Gasteiger partial charge >= 0.3 is 0 Å². The molecule has 1 radical (unpaired) electrons. The quantitative estimate of drug-likeness (QED) is 0.520. The normalized spacial score (nSPS) is 8.83. The summed E-state index contributed by atoms with van der Waals surface area (Å²) in [7, 11) is 0. The van der Waals surface area contributed by atoms with E-state index in [-0.39, 0.29) is 0 Å². The fourth-order valence-corrected chi connectivity index (χ4v) is 0.531. The molecule has 0 bridgehead atoms. The molecule has 1 aromatic heterocycles. The first-order valence-corrected chi connectivity index (χ1v) is 2.32. The average Bonchev–Trinajstić information content (AvgIpc) is 1.86. The van der Waals surface area contributed by atoms with Crippen LogP contribution >= 0.6 is 16.1 Å². The highest BCUT2D eigenvalue weighted by Gasteiger charge is 1.72. The van der Waals surface area contributed by atoms with Crippen molar-refractivity contribution in [3.8, 4) is 0 Å². The zero-order valence-corrected chi connectivity index (χ0v) is 4.64. The molecule has 0 aromatic carbocycles. The summed E-state index contributed by atoms with van der Waals surface area (Å²) in [6, 6.07) is 3.73. The van der Waals surface area contributed by atoms with Crippen molar-refractivity contribution in [2.24, 2.45) is 0 Å². The maximum absolute atomic E-state index is 3.14. The lowest BCUT2D eigenvalue weighted by Crippen LogP contribution is -1.62. The lowest BCUT2D eigenvalue weighted by atomic mass is 10.7. The summed E-state index contributed by atoms with van der Waals surface area (Å²) in [6.07, 6.45) is 4.69. The summed E-state index contributed by atoms with van der Waals surface area (Å²) in [5.74, 6) is 0. The highest BCUT2D eigenvalue weighted by Crippen LogP contribution is 1.90. The van der Waals surface area contributed by atoms with Gasteiger partial charge in [-0.3, -0.25) is 3.59 Å². The van der Waals surface area contributed by atoms with Crippen LogP contribution in [-0.2, 0) is 0 Å². The van der Waals surface area contributed by atoms with Crippen molar-refractivity contribution in [1.82, 2.24) is 3.59 Å². The molecule has 0 N–H and O–H groups in total. The predicted octanol–water partition coefficient (Wildman–Crippen LogP) is 1.45. The third-order valence-electron chi connectivity index (χ3n) is 0.511. The molecule has 0 saturated carbocycles. The second-order valence-corrected chi connectivity index (χ2v) is 1.71. The maximum atomic E-state index is 3.14. The van der Waals surface area contributed by atoms with Crippen molar-refractivity contribution >= 4 is 16.1 Å². The Morgan fingerprint density at radius 3 is 2.67 bits per heavy atom. The van der Waals surface area contributed by atoms with Crippen molar-refractivity contribution < 1.29 is 0 Å². The van der Waals surface area contributed by atoms with Crippen LogP contribution in [0.4, 0.5) is 0 Å². The summed E-state index contributed by atoms with van der Waals surface area (Å²) in [6.45, 7) is 0. The fourth-order valence-electron chi connectivity index (χ4n) is 0.276. The van der Waals surface area contributed by atoms with Gasteiger partial charge in [0, 0.05) is 6.20 Å². The molecule has 0 saturated heterocycles. The maximum Gasteiger partial charge on any atom is 0.0764 e. The molecule has 1 nitrogen and oxygen atoms in total. The van der Waals surface area contributed by atoms with E-state index in [0.29, 0.717) is 0 Å². The van der Waals surface area contributed by atoms with Gasteiger partial charge in [0.1, 0.15) is 0 Å². The zero-order chi connectivity index (χ0) is 4.41. The summed E-state index contributed by atoms with van der Waals surface area (Å²) in [5.41, 5.74) is 0. The Morgan fingerprint density at radius 1 is 1.67 bits per heavy atom. The van der Waals surface area contributed by atoms with E-state index in [1.54, 1.807) is 3.59 Å². The van der Waals surface area contributed by atoms with Crippen molar-refractivity contribution in [2.45, 2.75) is 0 Å². The Hall–Kier alpha value is -0.240. The van der Waals surface area contributed by atoms with Gasteiger partial charge in [0.25, 0.3) is 0 Å². The van der Waals surface area contributed by atoms with Gasteiger partial charge in [0.05, 0.1) is 22.3 Å². The van der Waals surface area contributed by atoms with Gasteiger partial charge < -0.3 is 0 Å². The van der Waals surface area contributed by atoms with Crippen LogP contribution < -0.4 is 0 Å². The van der Waals surface area contributed by atoms with Crippen LogP contribution in [0.3, 0.4) is 0 Å². The molecular weight excluding hydrogens is 142 g/mol.